The molecule has 2 atom stereocenters. The van der Waals surface area contributed by atoms with Crippen LogP contribution in [0.15, 0.2) is 91.0 Å². The van der Waals surface area contributed by atoms with Gasteiger partial charge in [-0.2, -0.15) is 0 Å². The van der Waals surface area contributed by atoms with Gasteiger partial charge in [-0.1, -0.05) is 133 Å². The average Bonchev–Trinajstić information content (AvgIpc) is 2.99. The summed E-state index contributed by atoms with van der Waals surface area (Å²) in [5.41, 5.74) is 0.935. The summed E-state index contributed by atoms with van der Waals surface area (Å²) in [6.45, 7) is 13.9. The van der Waals surface area contributed by atoms with Crippen LogP contribution in [-0.4, -0.2) is 44.7 Å². The lowest BCUT2D eigenvalue weighted by atomic mass is 10.0. The normalized spacial score (nSPS) is 13.5. The molecule has 6 heteroatoms. The first-order chi connectivity index (χ1) is 20.1. The van der Waals surface area contributed by atoms with Crippen LogP contribution < -0.4 is 10.4 Å². The highest BCUT2D eigenvalue weighted by atomic mass is 28.4. The molecule has 0 saturated carbocycles. The van der Waals surface area contributed by atoms with Gasteiger partial charge < -0.3 is 14.1 Å². The number of halogens is 1. The Kier molecular flexibility index (Phi) is 12.8. The molecule has 0 N–H and O–H groups in total. The highest BCUT2D eigenvalue weighted by molar-refractivity contribution is 6.99. The molecule has 228 valence electrons. The molecule has 0 aliphatic rings. The van der Waals surface area contributed by atoms with Crippen LogP contribution in [0.2, 0.25) is 5.04 Å². The zero-order chi connectivity index (χ0) is 30.6. The van der Waals surface area contributed by atoms with Gasteiger partial charge in [0.2, 0.25) is 0 Å². The molecule has 1 unspecified atom stereocenters. The van der Waals surface area contributed by atoms with E-state index in [4.69, 9.17) is 9.16 Å². The van der Waals surface area contributed by atoms with Crippen molar-refractivity contribution in [3.8, 4) is 0 Å². The zero-order valence-corrected chi connectivity index (χ0v) is 27.4. The summed E-state index contributed by atoms with van der Waals surface area (Å²) in [6, 6.07) is 30.4. The Hall–Kier alpha value is -2.96. The quantitative estimate of drug-likeness (QED) is 0.168. The summed E-state index contributed by atoms with van der Waals surface area (Å²) in [4.78, 5) is 15.5. The lowest BCUT2D eigenvalue weighted by molar-refractivity contribution is 0.0592. The maximum absolute atomic E-state index is 14.7. The molecule has 4 nitrogen and oxygen atoms in total. The van der Waals surface area contributed by atoms with Gasteiger partial charge in [0.25, 0.3) is 8.32 Å². The van der Waals surface area contributed by atoms with Crippen molar-refractivity contribution in [2.75, 3.05) is 13.2 Å². The predicted molar refractivity (Wildman–Crippen MR) is 175 cm³/mol. The van der Waals surface area contributed by atoms with Gasteiger partial charge in [-0.15, -0.1) is 0 Å². The molecular weight excluding hydrogens is 541 g/mol. The highest BCUT2D eigenvalue weighted by Crippen LogP contribution is 2.37. The Morgan fingerprint density at radius 2 is 1.36 bits per heavy atom. The Morgan fingerprint density at radius 1 is 0.833 bits per heavy atom. The third-order valence-electron chi connectivity index (χ3n) is 7.99. The summed E-state index contributed by atoms with van der Waals surface area (Å²) in [6.07, 6.45) is 0.853. The van der Waals surface area contributed by atoms with E-state index in [1.54, 1.807) is 0 Å². The first-order valence-corrected chi connectivity index (χ1v) is 17.4. The van der Waals surface area contributed by atoms with Crippen molar-refractivity contribution in [2.24, 2.45) is 5.92 Å². The van der Waals surface area contributed by atoms with E-state index in [-0.39, 0.29) is 23.8 Å². The van der Waals surface area contributed by atoms with Crippen molar-refractivity contribution >= 4 is 24.8 Å². The number of hydrogen-bond acceptors (Lipinski definition) is 3. The Bertz CT molecular complexity index is 1150. The summed E-state index contributed by atoms with van der Waals surface area (Å²) >= 11 is 0. The number of benzene rings is 3. The first kappa shape index (κ1) is 33.5. The minimum absolute atomic E-state index is 0.195. The van der Waals surface area contributed by atoms with Crippen molar-refractivity contribution in [3.05, 3.63) is 96.6 Å². The van der Waals surface area contributed by atoms with Crippen LogP contribution in [0.5, 0.6) is 0 Å². The van der Waals surface area contributed by atoms with E-state index >= 15 is 0 Å². The van der Waals surface area contributed by atoms with Crippen LogP contribution in [0, 0.1) is 5.92 Å². The lowest BCUT2D eigenvalue weighted by Gasteiger charge is -2.44. The Morgan fingerprint density at radius 3 is 1.83 bits per heavy atom. The molecule has 0 spiro atoms. The minimum atomic E-state index is -2.85. The first-order valence-electron chi connectivity index (χ1n) is 15.4. The molecule has 0 radical (unpaired) electrons. The van der Waals surface area contributed by atoms with E-state index in [2.05, 4.69) is 83.1 Å². The summed E-state index contributed by atoms with van der Waals surface area (Å²) in [5, 5.41) is 2.16. The summed E-state index contributed by atoms with van der Waals surface area (Å²) in [5.74, 6) is 0.400. The SMILES string of the molecule is CCC(F)CC[C@@H](CO[Si](c1ccccc1)(c1ccccc1)C(C)(C)C)N(CCC(C)C)C(=O)OCc1ccccc1. The van der Waals surface area contributed by atoms with E-state index in [1.165, 1.54) is 10.4 Å². The van der Waals surface area contributed by atoms with Crippen molar-refractivity contribution in [1.29, 1.82) is 0 Å². The van der Waals surface area contributed by atoms with Crippen molar-refractivity contribution in [1.82, 2.24) is 4.90 Å². The van der Waals surface area contributed by atoms with Gasteiger partial charge in [0.15, 0.2) is 0 Å². The van der Waals surface area contributed by atoms with E-state index in [1.807, 2.05) is 54.3 Å². The van der Waals surface area contributed by atoms with Crippen LogP contribution in [-0.2, 0) is 15.8 Å². The van der Waals surface area contributed by atoms with Crippen molar-refractivity contribution in [2.45, 2.75) is 91.1 Å². The van der Waals surface area contributed by atoms with E-state index in [0.717, 1.165) is 12.0 Å². The summed E-state index contributed by atoms with van der Waals surface area (Å²) < 4.78 is 27.8. The van der Waals surface area contributed by atoms with E-state index in [0.29, 0.717) is 38.3 Å². The van der Waals surface area contributed by atoms with Gasteiger partial charge in [0.05, 0.1) is 18.8 Å². The maximum Gasteiger partial charge on any atom is 0.410 e. The fraction of sp³-hybridized carbons (Fsp3) is 0.472. The predicted octanol–water partition coefficient (Wildman–Crippen LogP) is 8.14. The molecule has 0 aliphatic carbocycles. The molecule has 0 fully saturated rings. The van der Waals surface area contributed by atoms with Crippen LogP contribution >= 0.6 is 0 Å². The van der Waals surface area contributed by atoms with Crippen molar-refractivity contribution in [3.63, 3.8) is 0 Å². The molecule has 3 rings (SSSR count). The molecule has 42 heavy (non-hydrogen) atoms. The number of nitrogens with zero attached hydrogens (tertiary/aromatic N) is 1. The van der Waals surface area contributed by atoms with Gasteiger partial charge in [-0.05, 0) is 52.6 Å². The van der Waals surface area contributed by atoms with Crippen LogP contribution in [0.3, 0.4) is 0 Å². The topological polar surface area (TPSA) is 38.8 Å². The lowest BCUT2D eigenvalue weighted by Crippen LogP contribution is -2.67. The second kappa shape index (κ2) is 16.0. The summed E-state index contributed by atoms with van der Waals surface area (Å²) in [7, 11) is -2.85. The number of ether oxygens (including phenoxy) is 1. The molecule has 0 saturated heterocycles. The number of hydrogen-bond donors (Lipinski definition) is 0. The van der Waals surface area contributed by atoms with Gasteiger partial charge in [0.1, 0.15) is 6.61 Å². The largest absolute Gasteiger partial charge is 0.445 e. The second-order valence-electron chi connectivity index (χ2n) is 12.6. The number of carbonyl (C=O) groups is 1. The zero-order valence-electron chi connectivity index (χ0n) is 26.4. The second-order valence-corrected chi connectivity index (χ2v) is 16.9. The minimum Gasteiger partial charge on any atom is -0.445 e. The highest BCUT2D eigenvalue weighted by Gasteiger charge is 2.50. The molecule has 0 aliphatic heterocycles. The molecular formula is C36H50FNO3Si. The van der Waals surface area contributed by atoms with Crippen LogP contribution in [0.4, 0.5) is 9.18 Å². The molecule has 1 amide bonds. The molecule has 0 heterocycles. The maximum atomic E-state index is 14.7. The fourth-order valence-electron chi connectivity index (χ4n) is 5.51. The van der Waals surface area contributed by atoms with Gasteiger partial charge in [-0.25, -0.2) is 9.18 Å². The average molecular weight is 592 g/mol. The van der Waals surface area contributed by atoms with Crippen molar-refractivity contribution < 1.29 is 18.3 Å². The fourth-order valence-corrected chi connectivity index (χ4v) is 10.1. The number of alkyl halides is 1. The molecule has 0 bridgehead atoms. The van der Waals surface area contributed by atoms with Gasteiger partial charge in [-0.3, -0.25) is 0 Å². The molecule has 3 aromatic rings. The van der Waals surface area contributed by atoms with Crippen LogP contribution in [0.25, 0.3) is 0 Å². The Balaban J connectivity index is 2.00. The Labute approximate surface area is 254 Å². The third-order valence-corrected chi connectivity index (χ3v) is 13.0. The number of carbonyl (C=O) groups excluding carboxylic acids is 1. The molecule has 0 aromatic heterocycles. The van der Waals surface area contributed by atoms with Gasteiger partial charge >= 0.3 is 6.09 Å². The smallest absolute Gasteiger partial charge is 0.410 e. The van der Waals surface area contributed by atoms with Crippen LogP contribution in [0.1, 0.15) is 72.8 Å². The standard InChI is InChI=1S/C36H50FNO3Si/c1-7-31(37)23-24-32(38(26-25-29(2)3)35(39)40-27-30-17-11-8-12-18-30)28-41-42(36(4,5)6,33-19-13-9-14-20-33)34-21-15-10-16-22-34/h8-22,29,31-32H,7,23-28H2,1-6H3/t31?,32-/m0/s1. The molecule has 3 aromatic carbocycles. The van der Waals surface area contributed by atoms with E-state index in [9.17, 15) is 9.18 Å². The number of amides is 1. The number of rotatable bonds is 15. The van der Waals surface area contributed by atoms with Gasteiger partial charge in [0, 0.05) is 6.54 Å². The third kappa shape index (κ3) is 9.02. The van der Waals surface area contributed by atoms with E-state index < -0.39 is 14.5 Å². The monoisotopic (exact) mass is 591 g/mol.